The summed E-state index contributed by atoms with van der Waals surface area (Å²) < 4.78 is 7.21. The Morgan fingerprint density at radius 1 is 1.07 bits per heavy atom. The third-order valence-corrected chi connectivity index (χ3v) is 6.03. The first kappa shape index (κ1) is 19.6. The molecule has 4 rings (SSSR count). The third-order valence-electron chi connectivity index (χ3n) is 4.20. The fourth-order valence-electron chi connectivity index (χ4n) is 2.77. The molecule has 8 heteroatoms. The van der Waals surface area contributed by atoms with Crippen LogP contribution in [0.25, 0.3) is 17.4 Å². The normalized spacial score (nSPS) is 15.3. The van der Waals surface area contributed by atoms with E-state index in [0.29, 0.717) is 26.4 Å². The van der Waals surface area contributed by atoms with E-state index in [9.17, 15) is 9.59 Å². The minimum absolute atomic E-state index is 0.144. The summed E-state index contributed by atoms with van der Waals surface area (Å²) in [7, 11) is 0. The van der Waals surface area contributed by atoms with E-state index in [1.165, 1.54) is 28.8 Å². The highest BCUT2D eigenvalue weighted by Crippen LogP contribution is 2.36. The molecule has 5 nitrogen and oxygen atoms in total. The highest BCUT2D eigenvalue weighted by Gasteiger charge is 2.33. The molecule has 1 N–H and O–H groups in total. The van der Waals surface area contributed by atoms with Crippen molar-refractivity contribution in [1.29, 1.82) is 0 Å². The summed E-state index contributed by atoms with van der Waals surface area (Å²) in [6, 6.07) is 17.4. The van der Waals surface area contributed by atoms with Gasteiger partial charge in [-0.25, -0.2) is 4.79 Å². The molecule has 2 heterocycles. The number of benzene rings is 2. The largest absolute Gasteiger partial charge is 0.478 e. The Balaban J connectivity index is 1.58. The number of carbonyl (C=O) groups is 2. The van der Waals surface area contributed by atoms with Crippen LogP contribution in [0.3, 0.4) is 0 Å². The number of thioether (sulfide) groups is 1. The Hall–Kier alpha value is -2.68. The Kier molecular flexibility index (Phi) is 5.40. The predicted octanol–water partition coefficient (Wildman–Crippen LogP) is 5.81. The van der Waals surface area contributed by atoms with E-state index in [0.717, 1.165) is 10.0 Å². The van der Waals surface area contributed by atoms with Gasteiger partial charge >= 0.3 is 5.97 Å². The van der Waals surface area contributed by atoms with Gasteiger partial charge in [0.25, 0.3) is 5.91 Å². The van der Waals surface area contributed by atoms with Gasteiger partial charge < -0.3 is 9.52 Å². The molecule has 1 aromatic heterocycles. The first-order chi connectivity index (χ1) is 13.9. The second-order valence-corrected chi connectivity index (χ2v) is 8.67. The van der Waals surface area contributed by atoms with E-state index < -0.39 is 5.97 Å². The van der Waals surface area contributed by atoms with Gasteiger partial charge in [0.1, 0.15) is 11.5 Å². The summed E-state index contributed by atoms with van der Waals surface area (Å²) in [4.78, 5) is 25.7. The maximum atomic E-state index is 12.8. The standard InChI is InChI=1S/C21H12BrNO4S2/c22-14-5-1-12(2-6-14)17-10-9-16(27-17)11-18-19(24)23(21(28)29-18)15-7-3-13(4-8-15)20(25)26/h1-11H,(H,25,26). The SMILES string of the molecule is O=C(O)c1ccc(N2C(=O)C(=Cc3ccc(-c4ccc(Br)cc4)o3)SC2=S)cc1. The van der Waals surface area contributed by atoms with Gasteiger partial charge in [0.05, 0.1) is 16.2 Å². The summed E-state index contributed by atoms with van der Waals surface area (Å²) in [6.07, 6.45) is 1.66. The summed E-state index contributed by atoms with van der Waals surface area (Å²) in [5.41, 5.74) is 1.60. The van der Waals surface area contributed by atoms with Gasteiger partial charge in [-0.1, -0.05) is 52.0 Å². The summed E-state index contributed by atoms with van der Waals surface area (Å²) >= 11 is 9.93. The molecule has 1 amide bonds. The maximum absolute atomic E-state index is 12.8. The highest BCUT2D eigenvalue weighted by molar-refractivity contribution is 9.10. The molecule has 0 saturated carbocycles. The Bertz CT molecular complexity index is 1150. The van der Waals surface area contributed by atoms with Crippen molar-refractivity contribution in [3.8, 4) is 11.3 Å². The quantitative estimate of drug-likeness (QED) is 0.371. The molecule has 29 heavy (non-hydrogen) atoms. The van der Waals surface area contributed by atoms with Crippen LogP contribution in [-0.4, -0.2) is 21.3 Å². The van der Waals surface area contributed by atoms with Crippen LogP contribution in [0.4, 0.5) is 5.69 Å². The number of thiocarbonyl (C=S) groups is 1. The molecule has 3 aromatic rings. The average molecular weight is 486 g/mol. The zero-order valence-electron chi connectivity index (χ0n) is 14.7. The number of aromatic carboxylic acids is 1. The van der Waals surface area contributed by atoms with Crippen LogP contribution >= 0.6 is 39.9 Å². The number of furan rings is 1. The average Bonchev–Trinajstić information content (AvgIpc) is 3.27. The lowest BCUT2D eigenvalue weighted by Gasteiger charge is -2.14. The van der Waals surface area contributed by atoms with Gasteiger partial charge in [-0.15, -0.1) is 0 Å². The molecule has 144 valence electrons. The Labute approximate surface area is 184 Å². The molecule has 0 unspecified atom stereocenters. The van der Waals surface area contributed by atoms with Crippen molar-refractivity contribution < 1.29 is 19.1 Å². The number of hydrogen-bond acceptors (Lipinski definition) is 5. The summed E-state index contributed by atoms with van der Waals surface area (Å²) in [6.45, 7) is 0. The summed E-state index contributed by atoms with van der Waals surface area (Å²) in [5, 5.41) is 9.02. The number of carbonyl (C=O) groups excluding carboxylic acids is 1. The molecule has 0 spiro atoms. The zero-order chi connectivity index (χ0) is 20.5. The van der Waals surface area contributed by atoms with Crippen LogP contribution in [0.1, 0.15) is 16.1 Å². The van der Waals surface area contributed by atoms with E-state index >= 15 is 0 Å². The van der Waals surface area contributed by atoms with Crippen molar-refractivity contribution in [2.75, 3.05) is 4.90 Å². The maximum Gasteiger partial charge on any atom is 0.335 e. The van der Waals surface area contributed by atoms with Gasteiger partial charge in [-0.2, -0.15) is 0 Å². The number of carboxylic acids is 1. The first-order valence-electron chi connectivity index (χ1n) is 8.39. The van der Waals surface area contributed by atoms with Crippen LogP contribution < -0.4 is 4.90 Å². The van der Waals surface area contributed by atoms with Crippen LogP contribution in [0.2, 0.25) is 0 Å². The second-order valence-electron chi connectivity index (χ2n) is 6.08. The van der Waals surface area contributed by atoms with E-state index in [-0.39, 0.29) is 11.5 Å². The topological polar surface area (TPSA) is 70.8 Å². The van der Waals surface area contributed by atoms with Crippen molar-refractivity contribution in [3.63, 3.8) is 0 Å². The molecule has 1 aliphatic rings. The van der Waals surface area contributed by atoms with E-state index in [1.807, 2.05) is 30.3 Å². The fraction of sp³-hybridized carbons (Fsp3) is 0. The fourth-order valence-corrected chi connectivity index (χ4v) is 4.32. The number of rotatable bonds is 4. The second kappa shape index (κ2) is 7.98. The van der Waals surface area contributed by atoms with Crippen molar-refractivity contribution >= 4 is 67.9 Å². The van der Waals surface area contributed by atoms with E-state index in [1.54, 1.807) is 24.3 Å². The molecular formula is C21H12BrNO4S2. The molecule has 1 saturated heterocycles. The van der Waals surface area contributed by atoms with Gasteiger partial charge in [0.2, 0.25) is 0 Å². The van der Waals surface area contributed by atoms with Crippen molar-refractivity contribution in [2.45, 2.75) is 0 Å². The van der Waals surface area contributed by atoms with Crippen LogP contribution in [0.5, 0.6) is 0 Å². The number of carboxylic acid groups (broad SMARTS) is 1. The third kappa shape index (κ3) is 4.05. The smallest absolute Gasteiger partial charge is 0.335 e. The number of halogens is 1. The molecule has 0 aliphatic carbocycles. The monoisotopic (exact) mass is 485 g/mol. The van der Waals surface area contributed by atoms with Crippen LogP contribution in [0, 0.1) is 0 Å². The first-order valence-corrected chi connectivity index (χ1v) is 10.4. The van der Waals surface area contributed by atoms with Crippen molar-refractivity contribution in [1.82, 2.24) is 0 Å². The van der Waals surface area contributed by atoms with Crippen molar-refractivity contribution in [2.24, 2.45) is 0 Å². The number of hydrogen-bond donors (Lipinski definition) is 1. The molecule has 0 radical (unpaired) electrons. The molecule has 2 aromatic carbocycles. The molecular weight excluding hydrogens is 474 g/mol. The minimum Gasteiger partial charge on any atom is -0.478 e. The van der Waals surface area contributed by atoms with Crippen LogP contribution in [-0.2, 0) is 4.79 Å². The molecule has 0 atom stereocenters. The van der Waals surface area contributed by atoms with Gasteiger partial charge in [0, 0.05) is 16.1 Å². The number of amides is 1. The molecule has 1 aliphatic heterocycles. The predicted molar refractivity (Wildman–Crippen MR) is 121 cm³/mol. The van der Waals surface area contributed by atoms with Gasteiger partial charge in [-0.3, -0.25) is 9.69 Å². The van der Waals surface area contributed by atoms with Gasteiger partial charge in [-0.05, 0) is 48.5 Å². The Morgan fingerprint density at radius 3 is 2.41 bits per heavy atom. The van der Waals surface area contributed by atoms with Gasteiger partial charge in [0.15, 0.2) is 4.32 Å². The molecule has 1 fully saturated rings. The van der Waals surface area contributed by atoms with Crippen molar-refractivity contribution in [3.05, 3.63) is 81.4 Å². The molecule has 0 bridgehead atoms. The highest BCUT2D eigenvalue weighted by atomic mass is 79.9. The summed E-state index contributed by atoms with van der Waals surface area (Å²) in [5.74, 6) is -0.0565. The van der Waals surface area contributed by atoms with Crippen LogP contribution in [0.15, 0.2) is 74.5 Å². The Morgan fingerprint density at radius 2 is 1.76 bits per heavy atom. The lowest BCUT2D eigenvalue weighted by atomic mass is 10.2. The van der Waals surface area contributed by atoms with E-state index in [2.05, 4.69) is 15.9 Å². The number of nitrogens with zero attached hydrogens (tertiary/aromatic N) is 1. The lowest BCUT2D eigenvalue weighted by molar-refractivity contribution is -0.113. The zero-order valence-corrected chi connectivity index (χ0v) is 17.9. The van der Waals surface area contributed by atoms with E-state index in [4.69, 9.17) is 21.7 Å². The lowest BCUT2D eigenvalue weighted by Crippen LogP contribution is -2.27. The number of anilines is 1. The minimum atomic E-state index is -1.03.